The predicted molar refractivity (Wildman–Crippen MR) is 105 cm³/mol. The van der Waals surface area contributed by atoms with Gasteiger partial charge in [-0.1, -0.05) is 19.8 Å². The first-order valence-corrected chi connectivity index (χ1v) is 9.87. The van der Waals surface area contributed by atoms with Gasteiger partial charge in [-0.2, -0.15) is 0 Å². The van der Waals surface area contributed by atoms with Gasteiger partial charge in [-0.3, -0.25) is 19.3 Å². The summed E-state index contributed by atoms with van der Waals surface area (Å²) in [7, 11) is 2.89. The standard InChI is InChI=1S/C21H26N2O7/c1-13-6-4-5-9-21(13)19(26)23(20(27)22-21)11-18(25)30-12-16(24)15-10-14(28-2)7-8-17(15)29-3/h7-8,10,13H,4-6,9,11-12H2,1-3H3,(H,22,27)/t13-,21+/m1/s1. The highest BCUT2D eigenvalue weighted by molar-refractivity contribution is 6.09. The number of rotatable bonds is 7. The van der Waals surface area contributed by atoms with Crippen LogP contribution in [-0.4, -0.2) is 61.5 Å². The Morgan fingerprint density at radius 1 is 1.20 bits per heavy atom. The van der Waals surface area contributed by atoms with E-state index in [4.69, 9.17) is 14.2 Å². The smallest absolute Gasteiger partial charge is 0.326 e. The van der Waals surface area contributed by atoms with Gasteiger partial charge in [0.25, 0.3) is 5.91 Å². The quantitative estimate of drug-likeness (QED) is 0.409. The number of nitrogens with one attached hydrogen (secondary N) is 1. The molecule has 1 aromatic carbocycles. The zero-order chi connectivity index (χ0) is 21.9. The molecule has 2 aliphatic rings. The van der Waals surface area contributed by atoms with Crippen LogP contribution in [0.2, 0.25) is 0 Å². The summed E-state index contributed by atoms with van der Waals surface area (Å²) < 4.78 is 15.3. The Morgan fingerprint density at radius 3 is 2.63 bits per heavy atom. The third-order valence-electron chi connectivity index (χ3n) is 5.86. The van der Waals surface area contributed by atoms with Gasteiger partial charge in [-0.05, 0) is 37.0 Å². The van der Waals surface area contributed by atoms with Crippen LogP contribution < -0.4 is 14.8 Å². The Balaban J connectivity index is 1.62. The first-order valence-electron chi connectivity index (χ1n) is 9.87. The summed E-state index contributed by atoms with van der Waals surface area (Å²) in [5.74, 6) is -0.970. The molecule has 2 fully saturated rings. The van der Waals surface area contributed by atoms with Crippen LogP contribution >= 0.6 is 0 Å². The molecule has 1 saturated heterocycles. The van der Waals surface area contributed by atoms with E-state index in [2.05, 4.69) is 5.32 Å². The number of benzene rings is 1. The number of nitrogens with zero attached hydrogens (tertiary/aromatic N) is 1. The van der Waals surface area contributed by atoms with Crippen molar-refractivity contribution in [3.05, 3.63) is 23.8 Å². The van der Waals surface area contributed by atoms with Crippen molar-refractivity contribution in [1.29, 1.82) is 0 Å². The minimum atomic E-state index is -0.945. The molecule has 3 amide bonds. The molecule has 162 valence electrons. The van der Waals surface area contributed by atoms with Gasteiger partial charge in [0.2, 0.25) is 5.78 Å². The number of amides is 3. The van der Waals surface area contributed by atoms with Gasteiger partial charge in [0.05, 0.1) is 19.8 Å². The lowest BCUT2D eigenvalue weighted by atomic mass is 9.73. The number of hydrogen-bond donors (Lipinski definition) is 1. The summed E-state index contributed by atoms with van der Waals surface area (Å²) in [6, 6.07) is 4.10. The van der Waals surface area contributed by atoms with E-state index in [-0.39, 0.29) is 11.5 Å². The highest BCUT2D eigenvalue weighted by Gasteiger charge is 2.55. The highest BCUT2D eigenvalue weighted by atomic mass is 16.5. The number of methoxy groups -OCH3 is 2. The lowest BCUT2D eigenvalue weighted by Gasteiger charge is -2.36. The van der Waals surface area contributed by atoms with Crippen LogP contribution in [0.5, 0.6) is 11.5 Å². The Morgan fingerprint density at radius 2 is 1.97 bits per heavy atom. The molecular weight excluding hydrogens is 392 g/mol. The number of hydrogen-bond acceptors (Lipinski definition) is 7. The second kappa shape index (κ2) is 8.73. The molecule has 0 bridgehead atoms. The second-order valence-corrected chi connectivity index (χ2v) is 7.59. The largest absolute Gasteiger partial charge is 0.497 e. The van der Waals surface area contributed by atoms with Crippen molar-refractivity contribution < 1.29 is 33.4 Å². The Bertz CT molecular complexity index is 869. The lowest BCUT2D eigenvalue weighted by molar-refractivity contribution is -0.147. The molecule has 1 aromatic rings. The average molecular weight is 418 g/mol. The normalized spacial score (nSPS) is 23.3. The minimum Gasteiger partial charge on any atom is -0.497 e. The van der Waals surface area contributed by atoms with Crippen molar-refractivity contribution in [2.45, 2.75) is 38.1 Å². The second-order valence-electron chi connectivity index (χ2n) is 7.59. The van der Waals surface area contributed by atoms with Crippen LogP contribution in [0, 0.1) is 5.92 Å². The molecule has 3 rings (SSSR count). The summed E-state index contributed by atoms with van der Waals surface area (Å²) >= 11 is 0. The fourth-order valence-corrected chi connectivity index (χ4v) is 4.07. The van der Waals surface area contributed by atoms with Gasteiger partial charge in [-0.25, -0.2) is 4.79 Å². The molecule has 0 aromatic heterocycles. The number of ether oxygens (including phenoxy) is 3. The summed E-state index contributed by atoms with van der Waals surface area (Å²) in [6.45, 7) is 0.842. The minimum absolute atomic E-state index is 0.00850. The number of Topliss-reactive ketones (excluding diaryl/α,β-unsaturated/α-hetero) is 1. The Kier molecular flexibility index (Phi) is 6.28. The predicted octanol–water partition coefficient (Wildman–Crippen LogP) is 1.93. The van der Waals surface area contributed by atoms with E-state index in [1.54, 1.807) is 12.1 Å². The maximum absolute atomic E-state index is 12.9. The van der Waals surface area contributed by atoms with Crippen LogP contribution in [0.25, 0.3) is 0 Å². The fourth-order valence-electron chi connectivity index (χ4n) is 4.07. The van der Waals surface area contributed by atoms with Gasteiger partial charge in [0.1, 0.15) is 23.6 Å². The Labute approximate surface area is 174 Å². The Hall–Kier alpha value is -3.10. The number of esters is 1. The fraction of sp³-hybridized carbons (Fsp3) is 0.524. The van der Waals surface area contributed by atoms with Crippen molar-refractivity contribution >= 4 is 23.7 Å². The molecule has 1 spiro atoms. The SMILES string of the molecule is COc1ccc(OC)c(C(=O)COC(=O)CN2C(=O)N[C@]3(CCCC[C@H]3C)C2=O)c1. The van der Waals surface area contributed by atoms with Gasteiger partial charge in [0, 0.05) is 0 Å². The number of carbonyl (C=O) groups is 4. The molecular formula is C21H26N2O7. The van der Waals surface area contributed by atoms with Crippen molar-refractivity contribution in [2.75, 3.05) is 27.4 Å². The van der Waals surface area contributed by atoms with E-state index in [9.17, 15) is 19.2 Å². The summed E-state index contributed by atoms with van der Waals surface area (Å²) in [4.78, 5) is 50.8. The maximum Gasteiger partial charge on any atom is 0.326 e. The molecule has 1 saturated carbocycles. The molecule has 1 heterocycles. The first kappa shape index (κ1) is 21.6. The van der Waals surface area contributed by atoms with E-state index >= 15 is 0 Å². The van der Waals surface area contributed by atoms with Gasteiger partial charge in [-0.15, -0.1) is 0 Å². The zero-order valence-corrected chi connectivity index (χ0v) is 17.4. The van der Waals surface area contributed by atoms with E-state index in [1.807, 2.05) is 6.92 Å². The molecule has 1 N–H and O–H groups in total. The van der Waals surface area contributed by atoms with Crippen molar-refractivity contribution in [3.8, 4) is 11.5 Å². The van der Waals surface area contributed by atoms with Crippen molar-refractivity contribution in [3.63, 3.8) is 0 Å². The van der Waals surface area contributed by atoms with Gasteiger partial charge >= 0.3 is 12.0 Å². The van der Waals surface area contributed by atoms with E-state index in [0.717, 1.165) is 24.2 Å². The van der Waals surface area contributed by atoms with Crippen LogP contribution in [0.15, 0.2) is 18.2 Å². The topological polar surface area (TPSA) is 111 Å². The zero-order valence-electron chi connectivity index (χ0n) is 17.4. The summed E-state index contributed by atoms with van der Waals surface area (Å²) in [5.41, 5.74) is -0.742. The van der Waals surface area contributed by atoms with E-state index in [1.165, 1.54) is 20.3 Å². The first-order chi connectivity index (χ1) is 14.3. The third-order valence-corrected chi connectivity index (χ3v) is 5.86. The van der Waals surface area contributed by atoms with Crippen LogP contribution in [0.1, 0.15) is 43.0 Å². The van der Waals surface area contributed by atoms with Crippen LogP contribution in [0.3, 0.4) is 0 Å². The molecule has 0 unspecified atom stereocenters. The molecule has 9 heteroatoms. The third kappa shape index (κ3) is 3.96. The highest BCUT2D eigenvalue weighted by Crippen LogP contribution is 2.38. The van der Waals surface area contributed by atoms with E-state index in [0.29, 0.717) is 17.9 Å². The molecule has 1 aliphatic heterocycles. The summed E-state index contributed by atoms with van der Waals surface area (Å²) in [6.07, 6.45) is 3.23. The van der Waals surface area contributed by atoms with Crippen LogP contribution in [0.4, 0.5) is 4.79 Å². The monoisotopic (exact) mass is 418 g/mol. The van der Waals surface area contributed by atoms with Crippen LogP contribution in [-0.2, 0) is 14.3 Å². The number of carbonyl (C=O) groups excluding carboxylic acids is 4. The van der Waals surface area contributed by atoms with Crippen molar-refractivity contribution in [1.82, 2.24) is 10.2 Å². The molecule has 30 heavy (non-hydrogen) atoms. The summed E-state index contributed by atoms with van der Waals surface area (Å²) in [5, 5.41) is 2.77. The molecule has 0 radical (unpaired) electrons. The number of ketones is 1. The van der Waals surface area contributed by atoms with E-state index < -0.39 is 42.4 Å². The molecule has 1 aliphatic carbocycles. The van der Waals surface area contributed by atoms with Gasteiger partial charge < -0.3 is 19.5 Å². The molecule has 2 atom stereocenters. The van der Waals surface area contributed by atoms with Gasteiger partial charge in [0.15, 0.2) is 6.61 Å². The average Bonchev–Trinajstić information content (AvgIpc) is 2.98. The number of imide groups is 1. The lowest BCUT2D eigenvalue weighted by Crippen LogP contribution is -2.54. The number of urea groups is 1. The molecule has 9 nitrogen and oxygen atoms in total. The maximum atomic E-state index is 12.9. The van der Waals surface area contributed by atoms with Crippen molar-refractivity contribution in [2.24, 2.45) is 5.92 Å².